The van der Waals surface area contributed by atoms with Gasteiger partial charge in [0.05, 0.1) is 5.75 Å². The van der Waals surface area contributed by atoms with E-state index in [9.17, 15) is 8.42 Å². The lowest BCUT2D eigenvalue weighted by Gasteiger charge is -2.14. The van der Waals surface area contributed by atoms with Crippen LogP contribution in [0.15, 0.2) is 24.3 Å². The van der Waals surface area contributed by atoms with Crippen molar-refractivity contribution in [2.24, 2.45) is 5.73 Å². The minimum absolute atomic E-state index is 0.262. The van der Waals surface area contributed by atoms with Crippen LogP contribution in [0.1, 0.15) is 12.0 Å². The molecular weight excluding hydrogens is 252 g/mol. The summed E-state index contributed by atoms with van der Waals surface area (Å²) < 4.78 is 30.1. The molecule has 2 rings (SSSR count). The second-order valence-corrected chi connectivity index (χ2v) is 6.35. The van der Waals surface area contributed by atoms with Crippen LogP contribution in [0.25, 0.3) is 0 Å². The molecule has 1 aromatic carbocycles. The molecule has 0 saturated carbocycles. The summed E-state index contributed by atoms with van der Waals surface area (Å²) in [6, 6.07) is 7.51. The van der Waals surface area contributed by atoms with E-state index in [-0.39, 0.29) is 5.75 Å². The highest BCUT2D eigenvalue weighted by molar-refractivity contribution is 7.89. The molecule has 0 unspecified atom stereocenters. The molecule has 1 fully saturated rings. The number of hydrogen-bond donors (Lipinski definition) is 1. The summed E-state index contributed by atoms with van der Waals surface area (Å²) in [6.45, 7) is 1.91. The molecule has 0 aromatic heterocycles. The molecule has 0 spiro atoms. The molecule has 18 heavy (non-hydrogen) atoms. The molecule has 0 radical (unpaired) electrons. The summed E-state index contributed by atoms with van der Waals surface area (Å²) in [4.78, 5) is 0. The van der Waals surface area contributed by atoms with Crippen molar-refractivity contribution in [1.29, 1.82) is 0 Å². The molecule has 1 aliphatic rings. The minimum Gasteiger partial charge on any atom is -0.492 e. The Balaban J connectivity index is 1.81. The van der Waals surface area contributed by atoms with Gasteiger partial charge in [-0.05, 0) is 24.1 Å². The monoisotopic (exact) mass is 270 g/mol. The van der Waals surface area contributed by atoms with Gasteiger partial charge < -0.3 is 10.5 Å². The summed E-state index contributed by atoms with van der Waals surface area (Å²) in [7, 11) is -3.02. The Bertz CT molecular complexity index is 485. The van der Waals surface area contributed by atoms with Crippen LogP contribution in [0.2, 0.25) is 0 Å². The predicted octanol–water partition coefficient (Wildman–Crippen LogP) is 0.560. The van der Waals surface area contributed by atoms with E-state index in [4.69, 9.17) is 10.5 Å². The first kappa shape index (κ1) is 13.3. The predicted molar refractivity (Wildman–Crippen MR) is 69.8 cm³/mol. The summed E-state index contributed by atoms with van der Waals surface area (Å²) in [5, 5.41) is 0. The molecule has 6 heteroatoms. The van der Waals surface area contributed by atoms with E-state index in [1.807, 2.05) is 24.3 Å². The molecule has 0 aliphatic carbocycles. The van der Waals surface area contributed by atoms with Gasteiger partial charge in [-0.3, -0.25) is 0 Å². The summed E-state index contributed by atoms with van der Waals surface area (Å²) in [5.41, 5.74) is 6.54. The summed E-state index contributed by atoms with van der Waals surface area (Å²) in [5.74, 6) is 1.00. The topological polar surface area (TPSA) is 72.6 Å². The standard InChI is InChI=1S/C12H18N2O3S/c13-10-11-2-4-12(5-3-11)17-8-7-14-6-1-9-18(14,15)16/h2-5H,1,6-10,13H2. The van der Waals surface area contributed by atoms with Gasteiger partial charge in [-0.25, -0.2) is 8.42 Å². The average Bonchev–Trinajstić information content (AvgIpc) is 2.70. The fourth-order valence-corrected chi connectivity index (χ4v) is 3.44. The first-order valence-electron chi connectivity index (χ1n) is 6.01. The lowest BCUT2D eigenvalue weighted by molar-refractivity contribution is 0.279. The molecule has 0 atom stereocenters. The van der Waals surface area contributed by atoms with Crippen molar-refractivity contribution in [1.82, 2.24) is 4.31 Å². The van der Waals surface area contributed by atoms with Crippen LogP contribution in [0.3, 0.4) is 0 Å². The van der Waals surface area contributed by atoms with Crippen LogP contribution in [0, 0.1) is 0 Å². The normalized spacial score (nSPS) is 18.9. The Labute approximate surface area is 108 Å². The van der Waals surface area contributed by atoms with Crippen LogP contribution >= 0.6 is 0 Å². The number of benzene rings is 1. The Hall–Kier alpha value is -1.11. The summed E-state index contributed by atoms with van der Waals surface area (Å²) >= 11 is 0. The van der Waals surface area contributed by atoms with Gasteiger partial charge in [0.1, 0.15) is 12.4 Å². The van der Waals surface area contributed by atoms with Crippen LogP contribution in [0.4, 0.5) is 0 Å². The smallest absolute Gasteiger partial charge is 0.214 e. The molecule has 1 saturated heterocycles. The Kier molecular flexibility index (Phi) is 4.21. The van der Waals surface area contributed by atoms with E-state index >= 15 is 0 Å². The van der Waals surface area contributed by atoms with Gasteiger partial charge in [-0.2, -0.15) is 4.31 Å². The first-order chi connectivity index (χ1) is 8.62. The second-order valence-electron chi connectivity index (χ2n) is 4.27. The first-order valence-corrected chi connectivity index (χ1v) is 7.62. The zero-order valence-corrected chi connectivity index (χ0v) is 11.0. The zero-order valence-electron chi connectivity index (χ0n) is 10.2. The number of nitrogens with zero attached hydrogens (tertiary/aromatic N) is 1. The van der Waals surface area contributed by atoms with E-state index in [1.165, 1.54) is 4.31 Å². The minimum atomic E-state index is -3.02. The van der Waals surface area contributed by atoms with Gasteiger partial charge in [0, 0.05) is 19.6 Å². The highest BCUT2D eigenvalue weighted by atomic mass is 32.2. The van der Waals surface area contributed by atoms with Crippen molar-refractivity contribution in [3.63, 3.8) is 0 Å². The van der Waals surface area contributed by atoms with E-state index in [1.54, 1.807) is 0 Å². The highest BCUT2D eigenvalue weighted by Gasteiger charge is 2.27. The van der Waals surface area contributed by atoms with Crippen molar-refractivity contribution < 1.29 is 13.2 Å². The number of ether oxygens (including phenoxy) is 1. The third-order valence-electron chi connectivity index (χ3n) is 2.97. The van der Waals surface area contributed by atoms with Crippen molar-refractivity contribution in [3.05, 3.63) is 29.8 Å². The average molecular weight is 270 g/mol. The number of nitrogens with two attached hydrogens (primary N) is 1. The molecule has 2 N–H and O–H groups in total. The van der Waals surface area contributed by atoms with Crippen molar-refractivity contribution in [2.45, 2.75) is 13.0 Å². The molecule has 1 aromatic rings. The molecule has 5 nitrogen and oxygen atoms in total. The van der Waals surface area contributed by atoms with Crippen LogP contribution < -0.4 is 10.5 Å². The van der Waals surface area contributed by atoms with Gasteiger partial charge in [-0.1, -0.05) is 12.1 Å². The van der Waals surface area contributed by atoms with Gasteiger partial charge in [-0.15, -0.1) is 0 Å². The molecule has 1 aliphatic heterocycles. The van der Waals surface area contributed by atoms with E-state index in [2.05, 4.69) is 0 Å². The van der Waals surface area contributed by atoms with Gasteiger partial charge in [0.25, 0.3) is 0 Å². The molecular formula is C12H18N2O3S. The van der Waals surface area contributed by atoms with E-state index in [0.717, 1.165) is 11.3 Å². The largest absolute Gasteiger partial charge is 0.492 e. The Morgan fingerprint density at radius 1 is 1.28 bits per heavy atom. The van der Waals surface area contributed by atoms with E-state index < -0.39 is 10.0 Å². The maximum Gasteiger partial charge on any atom is 0.214 e. The molecule has 0 bridgehead atoms. The molecule has 0 amide bonds. The number of rotatable bonds is 5. The second kappa shape index (κ2) is 5.69. The van der Waals surface area contributed by atoms with Crippen molar-refractivity contribution >= 4 is 10.0 Å². The maximum atomic E-state index is 11.5. The molecule has 100 valence electrons. The van der Waals surface area contributed by atoms with Crippen molar-refractivity contribution in [3.8, 4) is 5.75 Å². The fraction of sp³-hybridized carbons (Fsp3) is 0.500. The zero-order chi connectivity index (χ0) is 13.0. The lowest BCUT2D eigenvalue weighted by atomic mass is 10.2. The summed E-state index contributed by atoms with van der Waals surface area (Å²) in [6.07, 6.45) is 0.716. The maximum absolute atomic E-state index is 11.5. The van der Waals surface area contributed by atoms with Gasteiger partial charge in [0.15, 0.2) is 0 Å². The third kappa shape index (κ3) is 3.22. The Morgan fingerprint density at radius 2 is 2.00 bits per heavy atom. The van der Waals surface area contributed by atoms with Gasteiger partial charge >= 0.3 is 0 Å². The van der Waals surface area contributed by atoms with Crippen LogP contribution in [-0.4, -0.2) is 38.2 Å². The number of sulfonamides is 1. The third-order valence-corrected chi connectivity index (χ3v) is 4.93. The van der Waals surface area contributed by atoms with E-state index in [0.29, 0.717) is 32.7 Å². The number of hydrogen-bond acceptors (Lipinski definition) is 4. The van der Waals surface area contributed by atoms with Crippen molar-refractivity contribution in [2.75, 3.05) is 25.4 Å². The van der Waals surface area contributed by atoms with Gasteiger partial charge in [0.2, 0.25) is 10.0 Å². The van der Waals surface area contributed by atoms with Crippen LogP contribution in [-0.2, 0) is 16.6 Å². The highest BCUT2D eigenvalue weighted by Crippen LogP contribution is 2.14. The van der Waals surface area contributed by atoms with Crippen LogP contribution in [0.5, 0.6) is 5.75 Å². The quantitative estimate of drug-likeness (QED) is 0.848. The molecule has 1 heterocycles. The lowest BCUT2D eigenvalue weighted by Crippen LogP contribution is -2.30. The Morgan fingerprint density at radius 3 is 2.56 bits per heavy atom. The fourth-order valence-electron chi connectivity index (χ4n) is 1.93. The SMILES string of the molecule is NCc1ccc(OCCN2CCCS2(=O)=O)cc1.